The number of likely N-dealkylation sites (tertiary alicyclic amines) is 1. The number of aromatic amines is 1. The summed E-state index contributed by atoms with van der Waals surface area (Å²) in [5.74, 6) is -1.04. The summed E-state index contributed by atoms with van der Waals surface area (Å²) in [5.41, 5.74) is 2.80. The molecule has 39 heavy (non-hydrogen) atoms. The van der Waals surface area contributed by atoms with E-state index in [9.17, 15) is 14.0 Å². The van der Waals surface area contributed by atoms with Gasteiger partial charge in [-0.2, -0.15) is 0 Å². The zero-order valence-electron chi connectivity index (χ0n) is 22.5. The summed E-state index contributed by atoms with van der Waals surface area (Å²) in [5, 5.41) is 10.4. The number of methoxy groups -OCH3 is 1. The number of halogens is 1. The minimum Gasteiger partial charge on any atom is -0.479 e. The number of hydrogen-bond acceptors (Lipinski definition) is 6. The van der Waals surface area contributed by atoms with Crippen molar-refractivity contribution < 1.29 is 18.7 Å². The summed E-state index contributed by atoms with van der Waals surface area (Å²) in [4.78, 5) is 35.5. The predicted molar refractivity (Wildman–Crippen MR) is 146 cm³/mol. The van der Waals surface area contributed by atoms with Gasteiger partial charge in [0, 0.05) is 50.0 Å². The van der Waals surface area contributed by atoms with Gasteiger partial charge in [0.25, 0.3) is 11.8 Å². The van der Waals surface area contributed by atoms with E-state index < -0.39 is 11.7 Å². The van der Waals surface area contributed by atoms with Crippen molar-refractivity contribution in [3.63, 3.8) is 0 Å². The summed E-state index contributed by atoms with van der Waals surface area (Å²) in [6.07, 6.45) is 4.36. The van der Waals surface area contributed by atoms with Crippen molar-refractivity contribution in [1.29, 1.82) is 0 Å². The second kappa shape index (κ2) is 10.5. The third-order valence-corrected chi connectivity index (χ3v) is 6.96. The first kappa shape index (κ1) is 26.4. The molecule has 0 aliphatic carbocycles. The lowest BCUT2D eigenvalue weighted by molar-refractivity contribution is 0.0948. The molecule has 0 saturated carbocycles. The molecule has 1 saturated heterocycles. The molecule has 4 heterocycles. The Labute approximate surface area is 225 Å². The fraction of sp³-hybridized carbons (Fsp3) is 0.357. The van der Waals surface area contributed by atoms with Crippen LogP contribution in [0.2, 0.25) is 0 Å². The molecule has 204 valence electrons. The van der Waals surface area contributed by atoms with Gasteiger partial charge in [-0.15, -0.1) is 5.10 Å². The molecule has 0 bridgehead atoms. The Kier molecular flexibility index (Phi) is 7.09. The predicted octanol–water partition coefficient (Wildman–Crippen LogP) is 3.83. The maximum absolute atomic E-state index is 14.6. The molecular formula is C28H32FN7O3. The molecule has 0 spiro atoms. The van der Waals surface area contributed by atoms with E-state index >= 15 is 0 Å². The first-order chi connectivity index (χ1) is 18.6. The van der Waals surface area contributed by atoms with Crippen LogP contribution in [0.4, 0.5) is 10.1 Å². The Balaban J connectivity index is 1.26. The summed E-state index contributed by atoms with van der Waals surface area (Å²) in [6.45, 7) is 7.73. The number of carbonyl (C=O) groups is 2. The Morgan fingerprint density at radius 1 is 1.18 bits per heavy atom. The molecule has 0 radical (unpaired) electrons. The second-order valence-corrected chi connectivity index (χ2v) is 10.7. The number of fused-ring (bicyclic) bond motifs is 1. The van der Waals surface area contributed by atoms with Gasteiger partial charge in [0.2, 0.25) is 5.88 Å². The first-order valence-electron chi connectivity index (χ1n) is 12.8. The molecule has 1 aromatic carbocycles. The maximum atomic E-state index is 14.6. The fourth-order valence-corrected chi connectivity index (χ4v) is 4.89. The topological polar surface area (TPSA) is 117 Å². The molecule has 1 aliphatic heterocycles. The van der Waals surface area contributed by atoms with Gasteiger partial charge in [-0.25, -0.2) is 9.37 Å². The summed E-state index contributed by atoms with van der Waals surface area (Å²) < 4.78 is 21.5. The van der Waals surface area contributed by atoms with E-state index in [1.54, 1.807) is 24.9 Å². The number of nitrogens with one attached hydrogen (secondary N) is 3. The third kappa shape index (κ3) is 5.78. The van der Waals surface area contributed by atoms with E-state index in [1.807, 2.05) is 12.3 Å². The van der Waals surface area contributed by atoms with Crippen LogP contribution >= 0.6 is 0 Å². The van der Waals surface area contributed by atoms with E-state index in [0.717, 1.165) is 37.3 Å². The van der Waals surface area contributed by atoms with E-state index in [2.05, 4.69) is 44.4 Å². The van der Waals surface area contributed by atoms with Crippen LogP contribution in [0.3, 0.4) is 0 Å². The lowest BCUT2D eigenvalue weighted by atomic mass is 9.93. The summed E-state index contributed by atoms with van der Waals surface area (Å²) in [6, 6.07) is 7.42. The van der Waals surface area contributed by atoms with Crippen LogP contribution in [-0.2, 0) is 7.05 Å². The number of hydrogen-bond donors (Lipinski definition) is 3. The standard InChI is InChI=1S/C28H32FN7O3/c1-28(2)7-9-36(16-28)10-8-30-25(37)17-5-6-21(29)23(12-17)33-26(38)19-11-18-13-22(32-24(18)31-14-19)20-15-35(3)34-27(20)39-4/h5-6,11-15H,7-10,16H2,1-4H3,(H,30,37)(H,31,32)(H,33,38). The van der Waals surface area contributed by atoms with Crippen LogP contribution < -0.4 is 15.4 Å². The molecular weight excluding hydrogens is 501 g/mol. The lowest BCUT2D eigenvalue weighted by Gasteiger charge is -2.19. The molecule has 11 heteroatoms. The number of aryl methyl sites for hydroxylation is 1. The quantitative estimate of drug-likeness (QED) is 0.317. The van der Waals surface area contributed by atoms with Crippen molar-refractivity contribution in [2.75, 3.05) is 38.6 Å². The van der Waals surface area contributed by atoms with Gasteiger partial charge in [0.15, 0.2) is 0 Å². The molecule has 3 aromatic heterocycles. The molecule has 0 atom stereocenters. The molecule has 10 nitrogen and oxygen atoms in total. The largest absolute Gasteiger partial charge is 0.479 e. The molecule has 1 fully saturated rings. The Morgan fingerprint density at radius 3 is 2.74 bits per heavy atom. The SMILES string of the molecule is COc1nn(C)cc1-c1cc2cc(C(=O)Nc3cc(C(=O)NCCN4CCC(C)(C)C4)ccc3F)cnc2[nH]1. The van der Waals surface area contributed by atoms with E-state index in [1.165, 1.54) is 24.4 Å². The number of nitrogens with zero attached hydrogens (tertiary/aromatic N) is 4. The highest BCUT2D eigenvalue weighted by Gasteiger charge is 2.28. The normalized spacial score (nSPS) is 15.0. The molecule has 0 unspecified atom stereocenters. The van der Waals surface area contributed by atoms with Crippen LogP contribution in [0.5, 0.6) is 5.88 Å². The number of pyridine rings is 1. The number of carbonyl (C=O) groups excluding carboxylic acids is 2. The van der Waals surface area contributed by atoms with Gasteiger partial charge < -0.3 is 25.3 Å². The van der Waals surface area contributed by atoms with E-state index in [4.69, 9.17) is 4.74 Å². The Hall–Kier alpha value is -4.25. The van der Waals surface area contributed by atoms with Crippen molar-refractivity contribution in [2.45, 2.75) is 20.3 Å². The van der Waals surface area contributed by atoms with E-state index in [-0.39, 0.29) is 22.7 Å². The number of amides is 2. The Morgan fingerprint density at radius 2 is 2.00 bits per heavy atom. The van der Waals surface area contributed by atoms with Crippen molar-refractivity contribution in [3.8, 4) is 17.1 Å². The molecule has 4 aromatic rings. The van der Waals surface area contributed by atoms with Crippen LogP contribution in [0.1, 0.15) is 41.0 Å². The highest BCUT2D eigenvalue weighted by molar-refractivity contribution is 6.06. The third-order valence-electron chi connectivity index (χ3n) is 6.96. The van der Waals surface area contributed by atoms with E-state index in [0.29, 0.717) is 28.9 Å². The monoisotopic (exact) mass is 533 g/mol. The highest BCUT2D eigenvalue weighted by atomic mass is 19.1. The van der Waals surface area contributed by atoms with Crippen LogP contribution in [0.25, 0.3) is 22.3 Å². The molecule has 2 amide bonds. The van der Waals surface area contributed by atoms with Gasteiger partial charge >= 0.3 is 0 Å². The second-order valence-electron chi connectivity index (χ2n) is 10.7. The minimum atomic E-state index is -0.638. The first-order valence-corrected chi connectivity index (χ1v) is 12.8. The number of rotatable bonds is 8. The zero-order valence-corrected chi connectivity index (χ0v) is 22.5. The zero-order chi connectivity index (χ0) is 27.7. The van der Waals surface area contributed by atoms with Gasteiger partial charge in [0.1, 0.15) is 11.5 Å². The maximum Gasteiger partial charge on any atom is 0.257 e. The van der Waals surface area contributed by atoms with Gasteiger partial charge in [0.05, 0.1) is 29.6 Å². The van der Waals surface area contributed by atoms with Crippen LogP contribution in [-0.4, -0.2) is 69.8 Å². The van der Waals surface area contributed by atoms with Crippen molar-refractivity contribution >= 4 is 28.5 Å². The van der Waals surface area contributed by atoms with Crippen LogP contribution in [0.15, 0.2) is 42.7 Å². The number of benzene rings is 1. The van der Waals surface area contributed by atoms with Crippen molar-refractivity contribution in [1.82, 2.24) is 30.0 Å². The Bertz CT molecular complexity index is 1540. The molecule has 5 rings (SSSR count). The van der Waals surface area contributed by atoms with Crippen LogP contribution in [0, 0.1) is 11.2 Å². The van der Waals surface area contributed by atoms with Gasteiger partial charge in [-0.05, 0) is 48.7 Å². The van der Waals surface area contributed by atoms with Crippen molar-refractivity contribution in [3.05, 3.63) is 59.7 Å². The summed E-state index contributed by atoms with van der Waals surface area (Å²) >= 11 is 0. The van der Waals surface area contributed by atoms with Gasteiger partial charge in [-0.3, -0.25) is 14.3 Å². The number of H-pyrrole nitrogens is 1. The van der Waals surface area contributed by atoms with Gasteiger partial charge in [-0.1, -0.05) is 13.8 Å². The average molecular weight is 534 g/mol. The summed E-state index contributed by atoms with van der Waals surface area (Å²) in [7, 11) is 3.34. The highest BCUT2D eigenvalue weighted by Crippen LogP contribution is 2.30. The lowest BCUT2D eigenvalue weighted by Crippen LogP contribution is -2.34. The van der Waals surface area contributed by atoms with Crippen molar-refractivity contribution in [2.24, 2.45) is 12.5 Å². The minimum absolute atomic E-state index is 0.0797. The number of aromatic nitrogens is 4. The number of anilines is 1. The average Bonchev–Trinajstić information content (AvgIpc) is 3.60. The smallest absolute Gasteiger partial charge is 0.257 e. The molecule has 1 aliphatic rings. The number of ether oxygens (including phenoxy) is 1. The fourth-order valence-electron chi connectivity index (χ4n) is 4.89. The molecule has 3 N–H and O–H groups in total.